The van der Waals surface area contributed by atoms with Crippen molar-refractivity contribution in [3.8, 4) is 0 Å². The summed E-state index contributed by atoms with van der Waals surface area (Å²) < 4.78 is 1.12. The van der Waals surface area contributed by atoms with Crippen LogP contribution in [0.4, 0.5) is 5.13 Å². The smallest absolute Gasteiger partial charge is 0.181 e. The van der Waals surface area contributed by atoms with Gasteiger partial charge in [0.15, 0.2) is 5.13 Å². The Morgan fingerprint density at radius 3 is 2.80 bits per heavy atom. The molecule has 105 valence electrons. The topological polar surface area (TPSA) is 38.9 Å². The van der Waals surface area contributed by atoms with Gasteiger partial charge >= 0.3 is 0 Å². The minimum absolute atomic E-state index is 0.402. The molecule has 2 nitrogen and oxygen atoms in total. The van der Waals surface area contributed by atoms with Gasteiger partial charge in [-0.15, -0.1) is 0 Å². The Morgan fingerprint density at radius 2 is 2.15 bits per heavy atom. The lowest BCUT2D eigenvalue weighted by Crippen LogP contribution is -2.21. The maximum absolute atomic E-state index is 5.76. The predicted molar refractivity (Wildman–Crippen MR) is 87.6 cm³/mol. The van der Waals surface area contributed by atoms with Gasteiger partial charge in [0.05, 0.1) is 10.2 Å². The quantitative estimate of drug-likeness (QED) is 0.808. The zero-order chi connectivity index (χ0) is 14.3. The Balaban J connectivity index is 1.87. The van der Waals surface area contributed by atoms with E-state index in [1.165, 1.54) is 35.3 Å². The second-order valence-electron chi connectivity index (χ2n) is 6.70. The maximum Gasteiger partial charge on any atom is 0.181 e. The second kappa shape index (κ2) is 4.88. The molecule has 1 aliphatic carbocycles. The number of allylic oxidation sites excluding steroid dienone is 2. The Labute approximate surface area is 124 Å². The number of thiazole rings is 1. The highest BCUT2D eigenvalue weighted by Gasteiger charge is 2.26. The summed E-state index contributed by atoms with van der Waals surface area (Å²) in [6.45, 7) is 7.02. The maximum atomic E-state index is 5.76. The van der Waals surface area contributed by atoms with Gasteiger partial charge in [0.1, 0.15) is 0 Å². The highest BCUT2D eigenvalue weighted by atomic mass is 32.1. The van der Waals surface area contributed by atoms with Gasteiger partial charge in [-0.25, -0.2) is 4.98 Å². The van der Waals surface area contributed by atoms with Crippen molar-refractivity contribution in [2.75, 3.05) is 5.73 Å². The van der Waals surface area contributed by atoms with Crippen LogP contribution in [-0.2, 0) is 0 Å². The van der Waals surface area contributed by atoms with Gasteiger partial charge in [0.2, 0.25) is 0 Å². The minimum Gasteiger partial charge on any atom is -0.375 e. The molecule has 0 saturated heterocycles. The van der Waals surface area contributed by atoms with Crippen LogP contribution in [-0.4, -0.2) is 4.98 Å². The van der Waals surface area contributed by atoms with Gasteiger partial charge in [0.25, 0.3) is 0 Å². The van der Waals surface area contributed by atoms with Crippen molar-refractivity contribution in [3.63, 3.8) is 0 Å². The third kappa shape index (κ3) is 2.59. The molecule has 0 amide bonds. The van der Waals surface area contributed by atoms with Gasteiger partial charge in [-0.3, -0.25) is 0 Å². The number of nitrogen functional groups attached to an aromatic ring is 1. The lowest BCUT2D eigenvalue weighted by atomic mass is 9.72. The van der Waals surface area contributed by atoms with Gasteiger partial charge in [-0.2, -0.15) is 0 Å². The van der Waals surface area contributed by atoms with E-state index >= 15 is 0 Å². The molecule has 0 fully saturated rings. The zero-order valence-electron chi connectivity index (χ0n) is 12.4. The van der Waals surface area contributed by atoms with E-state index in [1.54, 1.807) is 0 Å². The van der Waals surface area contributed by atoms with Crippen LogP contribution in [0.5, 0.6) is 0 Å². The standard InChI is InChI=1S/C17H21N2S/c1-17(2,3)13-7-4-11(5-8-13)12-6-9-15-14(10-12)19-16(18)20-15/h4,6,9,13H,5,7-8H2,1-3H3,(H2,18,19). The molecule has 3 heteroatoms. The summed E-state index contributed by atoms with van der Waals surface area (Å²) in [5.41, 5.74) is 9.67. The molecule has 0 spiro atoms. The van der Waals surface area contributed by atoms with E-state index < -0.39 is 0 Å². The number of hydrogen-bond donors (Lipinski definition) is 1. The Bertz CT molecular complexity index is 661. The Morgan fingerprint density at radius 1 is 1.35 bits per heavy atom. The second-order valence-corrected chi connectivity index (χ2v) is 7.77. The van der Waals surface area contributed by atoms with Crippen LogP contribution >= 0.6 is 11.3 Å². The van der Waals surface area contributed by atoms with E-state index in [-0.39, 0.29) is 0 Å². The average Bonchev–Trinajstić information content (AvgIpc) is 2.77. The first-order chi connectivity index (χ1) is 9.43. The summed E-state index contributed by atoms with van der Waals surface area (Å²) in [7, 11) is 0. The van der Waals surface area contributed by atoms with Gasteiger partial charge < -0.3 is 5.73 Å². The molecule has 0 bridgehead atoms. The number of benzene rings is 1. The summed E-state index contributed by atoms with van der Waals surface area (Å²) in [6.07, 6.45) is 5.97. The van der Waals surface area contributed by atoms with Crippen molar-refractivity contribution in [2.24, 2.45) is 11.3 Å². The predicted octanol–water partition coefficient (Wildman–Crippen LogP) is 4.91. The molecular weight excluding hydrogens is 264 g/mol. The molecule has 2 N–H and O–H groups in total. The fraction of sp³-hybridized carbons (Fsp3) is 0.471. The van der Waals surface area contributed by atoms with Gasteiger partial charge in [0, 0.05) is 6.07 Å². The lowest BCUT2D eigenvalue weighted by molar-refractivity contribution is 0.225. The molecule has 1 unspecified atom stereocenters. The molecule has 20 heavy (non-hydrogen) atoms. The monoisotopic (exact) mass is 285 g/mol. The number of hydrogen-bond acceptors (Lipinski definition) is 3. The SMILES string of the molecule is CC(C)(C)C1CC=C(c2[c]c3nc(N)sc3cc2)CC1. The molecular formula is C17H21N2S. The van der Waals surface area contributed by atoms with E-state index in [4.69, 9.17) is 5.73 Å². The molecule has 1 heterocycles. The summed E-state index contributed by atoms with van der Waals surface area (Å²) in [5, 5.41) is 0.624. The van der Waals surface area contributed by atoms with Crippen LogP contribution in [0.2, 0.25) is 0 Å². The molecule has 2 aromatic rings. The first-order valence-corrected chi connectivity index (χ1v) is 8.03. The van der Waals surface area contributed by atoms with E-state index in [0.29, 0.717) is 10.5 Å². The van der Waals surface area contributed by atoms with Gasteiger partial charge in [-0.05, 0) is 47.8 Å². The van der Waals surface area contributed by atoms with Crippen molar-refractivity contribution in [1.29, 1.82) is 0 Å². The fourth-order valence-corrected chi connectivity index (χ4v) is 3.62. The number of anilines is 1. The largest absolute Gasteiger partial charge is 0.375 e. The third-order valence-electron chi connectivity index (χ3n) is 4.31. The molecule has 1 aromatic heterocycles. The normalized spacial score (nSPS) is 20.1. The van der Waals surface area contributed by atoms with Gasteiger partial charge in [-0.1, -0.05) is 44.3 Å². The van der Waals surface area contributed by atoms with Crippen LogP contribution in [0, 0.1) is 17.4 Å². The van der Waals surface area contributed by atoms with Crippen molar-refractivity contribution in [3.05, 3.63) is 29.8 Å². The van der Waals surface area contributed by atoms with E-state index in [2.05, 4.69) is 50.0 Å². The number of nitrogens with zero attached hydrogens (tertiary/aromatic N) is 1. The van der Waals surface area contributed by atoms with Crippen LogP contribution in [0.1, 0.15) is 45.6 Å². The fourth-order valence-electron chi connectivity index (χ4n) is 2.93. The highest BCUT2D eigenvalue weighted by Crippen LogP contribution is 2.40. The summed E-state index contributed by atoms with van der Waals surface area (Å²) in [4.78, 5) is 4.34. The molecule has 1 atom stereocenters. The zero-order valence-corrected chi connectivity index (χ0v) is 13.2. The first-order valence-electron chi connectivity index (χ1n) is 7.21. The summed E-state index contributed by atoms with van der Waals surface area (Å²) in [5.74, 6) is 0.782. The molecule has 0 aliphatic heterocycles. The molecule has 3 rings (SSSR count). The lowest BCUT2D eigenvalue weighted by Gasteiger charge is -2.33. The van der Waals surface area contributed by atoms with Crippen molar-refractivity contribution in [2.45, 2.75) is 40.0 Å². The number of aromatic nitrogens is 1. The third-order valence-corrected chi connectivity index (χ3v) is 5.16. The number of fused-ring (bicyclic) bond motifs is 1. The van der Waals surface area contributed by atoms with E-state index in [1.807, 2.05) is 0 Å². The van der Waals surface area contributed by atoms with Crippen LogP contribution in [0.25, 0.3) is 15.8 Å². The van der Waals surface area contributed by atoms with E-state index in [9.17, 15) is 0 Å². The summed E-state index contributed by atoms with van der Waals surface area (Å²) >= 11 is 1.53. The first kappa shape index (κ1) is 13.6. The minimum atomic E-state index is 0.402. The Kier molecular flexibility index (Phi) is 3.33. The molecule has 0 saturated carbocycles. The number of nitrogens with two attached hydrogens (primary N) is 1. The highest BCUT2D eigenvalue weighted by molar-refractivity contribution is 7.22. The molecule has 1 aromatic carbocycles. The van der Waals surface area contributed by atoms with E-state index in [0.717, 1.165) is 22.6 Å². The molecule has 1 radical (unpaired) electrons. The van der Waals surface area contributed by atoms with Crippen molar-refractivity contribution < 1.29 is 0 Å². The average molecular weight is 285 g/mol. The summed E-state index contributed by atoms with van der Waals surface area (Å²) in [6, 6.07) is 7.69. The van der Waals surface area contributed by atoms with Crippen molar-refractivity contribution in [1.82, 2.24) is 4.98 Å². The van der Waals surface area contributed by atoms with Crippen LogP contribution < -0.4 is 5.73 Å². The molecule has 1 aliphatic rings. The van der Waals surface area contributed by atoms with Crippen LogP contribution in [0.15, 0.2) is 18.2 Å². The van der Waals surface area contributed by atoms with Crippen LogP contribution in [0.3, 0.4) is 0 Å². The number of rotatable bonds is 1. The Hall–Kier alpha value is -1.35. The van der Waals surface area contributed by atoms with Crippen molar-refractivity contribution >= 4 is 32.3 Å².